The summed E-state index contributed by atoms with van der Waals surface area (Å²) < 4.78 is 0. The molecule has 0 atom stereocenters. The average molecular weight is 568 g/mol. The van der Waals surface area contributed by atoms with E-state index in [4.69, 9.17) is 5.11 Å². The van der Waals surface area contributed by atoms with Crippen LogP contribution < -0.4 is 92.6 Å². The van der Waals surface area contributed by atoms with E-state index < -0.39 is 5.97 Å². The first-order chi connectivity index (χ1) is 2.27. The summed E-state index contributed by atoms with van der Waals surface area (Å²) >= 11 is 0. The van der Waals surface area contributed by atoms with Gasteiger partial charge in [-0.05, 0) is 0 Å². The van der Waals surface area contributed by atoms with Crippen LogP contribution >= 0.6 is 0 Å². The van der Waals surface area contributed by atoms with Crippen molar-refractivity contribution in [2.24, 2.45) is 5.73 Å². The van der Waals surface area contributed by atoms with Gasteiger partial charge in [0.05, 0.1) is 6.54 Å². The van der Waals surface area contributed by atoms with Gasteiger partial charge in [0.15, 0.2) is 0 Å². The summed E-state index contributed by atoms with van der Waals surface area (Å²) in [5, 5.41) is 7.60. The van der Waals surface area contributed by atoms with Gasteiger partial charge in [0, 0.05) is 0 Å². The third-order valence-electron chi connectivity index (χ3n) is 0.175. The van der Waals surface area contributed by atoms with E-state index in [1.165, 1.54) is 0 Å². The average Bonchev–Trinajstić information content (AvgIpc) is 1.38. The second-order valence-electron chi connectivity index (χ2n) is 0.598. The van der Waals surface area contributed by atoms with Crippen LogP contribution in [0.3, 0.4) is 0 Å². The minimum absolute atomic E-state index is 0. The van der Waals surface area contributed by atoms with E-state index in [1.54, 1.807) is 0 Å². The summed E-state index contributed by atoms with van der Waals surface area (Å²) in [6, 6.07) is 0. The quantitative estimate of drug-likeness (QED) is 0.292. The van der Waals surface area contributed by atoms with Crippen molar-refractivity contribution in [2.45, 2.75) is 0 Å². The molecule has 0 unspecified atom stereocenters. The van der Waals surface area contributed by atoms with Crippen molar-refractivity contribution < 1.29 is 161 Å². The third-order valence-corrected chi connectivity index (χ3v) is 0.175. The Labute approximate surface area is 195 Å². The van der Waals surface area contributed by atoms with Crippen molar-refractivity contribution in [1.29, 1.82) is 0 Å². The van der Waals surface area contributed by atoms with Gasteiger partial charge in [-0.15, -0.1) is 0 Å². The molecule has 0 heterocycles. The van der Waals surface area contributed by atoms with Crippen LogP contribution in [0.2, 0.25) is 0 Å². The molecule has 0 aliphatic carbocycles. The molecule has 0 aromatic rings. The summed E-state index contributed by atoms with van der Waals surface area (Å²) in [7, 11) is 0. The maximum Gasteiger partial charge on any atom is 4.00 e. The second-order valence-corrected chi connectivity index (χ2v) is 0.598. The molecule has 0 rings (SSSR count). The molecule has 0 radical (unpaired) electrons. The normalized spacial score (nSPS) is 1.76. The van der Waals surface area contributed by atoms with Crippen molar-refractivity contribution in [3.63, 3.8) is 0 Å². The number of hydrogen-bond donors (Lipinski definition) is 2. The smallest absolute Gasteiger partial charge is 1.00 e. The van der Waals surface area contributed by atoms with E-state index in [0.29, 0.717) is 0 Å². The SMILES string of the molecule is NCC(=O)O.O.O.O.O.O.O.O.[Al+3].[Cl-].[Cl-].[Cl-].[Cl-].[Cl-].[Cl-].[Cl-].[Zr+4]. The van der Waals surface area contributed by atoms with Crippen LogP contribution in [0, 0.1) is 0 Å². The van der Waals surface area contributed by atoms with Crippen LogP contribution in [-0.4, -0.2) is 73.3 Å². The number of aliphatic carboxylic acids is 1. The summed E-state index contributed by atoms with van der Waals surface area (Å²) in [6.07, 6.45) is 0. The number of halogens is 7. The minimum Gasteiger partial charge on any atom is -1.00 e. The Hall–Kier alpha value is 2.60. The van der Waals surface area contributed by atoms with E-state index in [9.17, 15) is 4.79 Å². The van der Waals surface area contributed by atoms with Crippen LogP contribution in [-0.2, 0) is 31.0 Å². The third kappa shape index (κ3) is 454. The first-order valence-electron chi connectivity index (χ1n) is 1.19. The molecule has 0 aromatic carbocycles. The van der Waals surface area contributed by atoms with Gasteiger partial charge < -0.3 is 136 Å². The van der Waals surface area contributed by atoms with Crippen LogP contribution in [0.5, 0.6) is 0 Å². The molecule has 0 aliphatic rings. The van der Waals surface area contributed by atoms with E-state index in [-0.39, 0.29) is 175 Å². The van der Waals surface area contributed by atoms with Crippen molar-refractivity contribution in [2.75, 3.05) is 6.54 Å². The molecule has 0 amide bonds. The molecule has 142 valence electrons. The number of carbonyl (C=O) groups is 1. The summed E-state index contributed by atoms with van der Waals surface area (Å²) in [4.78, 5) is 9.24. The summed E-state index contributed by atoms with van der Waals surface area (Å²) in [5.74, 6) is -0.968. The number of rotatable bonds is 1. The molecule has 10 nitrogen and oxygen atoms in total. The zero-order chi connectivity index (χ0) is 4.28. The van der Waals surface area contributed by atoms with Gasteiger partial charge in [-0.25, -0.2) is 0 Å². The zero-order valence-electron chi connectivity index (χ0n) is 9.86. The van der Waals surface area contributed by atoms with Gasteiger partial charge >= 0.3 is 49.5 Å². The molecule has 0 saturated heterocycles. The first kappa shape index (κ1) is 277. The molecule has 21 heavy (non-hydrogen) atoms. The second kappa shape index (κ2) is 242. The van der Waals surface area contributed by atoms with Crippen molar-refractivity contribution in [3.8, 4) is 0 Å². The molecule has 19 heteroatoms. The molecular formula is C2H19AlCl7NO9Zr. The largest absolute Gasteiger partial charge is 4.00 e. The maximum atomic E-state index is 9.24. The summed E-state index contributed by atoms with van der Waals surface area (Å²) in [5.41, 5.74) is 4.57. The fourth-order valence-corrected chi connectivity index (χ4v) is 0. The molecule has 0 saturated carbocycles. The Balaban J connectivity index is -0.000000000667. The van der Waals surface area contributed by atoms with Crippen molar-refractivity contribution in [3.05, 3.63) is 0 Å². The summed E-state index contributed by atoms with van der Waals surface area (Å²) in [6.45, 7) is -0.278. The van der Waals surface area contributed by atoms with E-state index >= 15 is 0 Å². The van der Waals surface area contributed by atoms with Crippen LogP contribution in [0.1, 0.15) is 0 Å². The molecule has 0 fully saturated rings. The first-order valence-corrected chi connectivity index (χ1v) is 1.19. The van der Waals surface area contributed by atoms with E-state index in [0.717, 1.165) is 0 Å². The zero-order valence-corrected chi connectivity index (χ0v) is 18.8. The number of carboxylic acid groups (broad SMARTS) is 1. The molecule has 0 bridgehead atoms. The van der Waals surface area contributed by atoms with Gasteiger partial charge in [-0.1, -0.05) is 0 Å². The fraction of sp³-hybridized carbons (Fsp3) is 0.500. The van der Waals surface area contributed by atoms with Gasteiger partial charge in [0.25, 0.3) is 0 Å². The molecule has 0 aromatic heterocycles. The van der Waals surface area contributed by atoms with E-state index in [2.05, 4.69) is 5.73 Å². The van der Waals surface area contributed by atoms with E-state index in [1.807, 2.05) is 0 Å². The Morgan fingerprint density at radius 3 is 0.714 bits per heavy atom. The Morgan fingerprint density at radius 2 is 0.714 bits per heavy atom. The molecule has 17 N–H and O–H groups in total. The van der Waals surface area contributed by atoms with Crippen LogP contribution in [0.15, 0.2) is 0 Å². The monoisotopic (exact) mass is 563 g/mol. The minimum atomic E-state index is -0.968. The van der Waals surface area contributed by atoms with Crippen LogP contribution in [0.25, 0.3) is 0 Å². The van der Waals surface area contributed by atoms with Gasteiger partial charge in [-0.2, -0.15) is 0 Å². The number of nitrogens with two attached hydrogens (primary N) is 1. The molecular weight excluding hydrogens is 548 g/mol. The Morgan fingerprint density at radius 1 is 0.667 bits per heavy atom. The fourth-order valence-electron chi connectivity index (χ4n) is 0. The number of hydrogen-bond acceptors (Lipinski definition) is 2. The van der Waals surface area contributed by atoms with Crippen molar-refractivity contribution >= 4 is 23.3 Å². The topological polar surface area (TPSA) is 284 Å². The Bertz CT molecular complexity index is 77.4. The van der Waals surface area contributed by atoms with Crippen molar-refractivity contribution in [1.82, 2.24) is 0 Å². The standard InChI is InChI=1S/C2H5NO2.Al.7ClH.7H2O.Zr/c3-1-2(4)5;;;;;;;;;;;;;;;;/h1,3H2,(H,4,5);;7*1H;7*1H2;/q;+3;;;;;;;;;;;;;;;+4/p-7. The molecule has 0 aliphatic heterocycles. The number of carboxylic acids is 1. The van der Waals surface area contributed by atoms with Gasteiger partial charge in [0.2, 0.25) is 0 Å². The predicted molar refractivity (Wildman–Crippen MR) is 47.7 cm³/mol. The van der Waals surface area contributed by atoms with Crippen LogP contribution in [0.4, 0.5) is 0 Å². The Kier molecular flexibility index (Phi) is 3190. The maximum absolute atomic E-state index is 9.24. The van der Waals surface area contributed by atoms with Gasteiger partial charge in [-0.3, -0.25) is 4.79 Å². The predicted octanol–water partition coefficient (Wildman–Crippen LogP) is -28.1. The van der Waals surface area contributed by atoms with Gasteiger partial charge in [0.1, 0.15) is 0 Å². The molecule has 0 spiro atoms.